The lowest BCUT2D eigenvalue weighted by molar-refractivity contribution is 0.667. The van der Waals surface area contributed by atoms with E-state index in [1.54, 1.807) is 11.3 Å². The Labute approximate surface area is 291 Å². The fourth-order valence-corrected chi connectivity index (χ4v) is 7.78. The van der Waals surface area contributed by atoms with Gasteiger partial charge in [0.25, 0.3) is 0 Å². The molecule has 0 radical (unpaired) electrons. The van der Waals surface area contributed by atoms with Crippen molar-refractivity contribution >= 4 is 53.6 Å². The van der Waals surface area contributed by atoms with Crippen molar-refractivity contribution in [1.82, 2.24) is 19.9 Å². The maximum Gasteiger partial charge on any atom is 0.180 e. The number of para-hydroxylation sites is 1. The molecule has 0 atom stereocenters. The first-order valence-electron chi connectivity index (χ1n) is 16.5. The molecule has 0 aliphatic carbocycles. The molecule has 50 heavy (non-hydrogen) atoms. The zero-order valence-corrected chi connectivity index (χ0v) is 27.4. The lowest BCUT2D eigenvalue weighted by atomic mass is 10.0. The Morgan fingerprint density at radius 3 is 1.82 bits per heavy atom. The van der Waals surface area contributed by atoms with Crippen LogP contribution in [0.3, 0.4) is 0 Å². The average molecular weight is 659 g/mol. The van der Waals surface area contributed by atoms with Crippen LogP contribution >= 0.6 is 11.3 Å². The van der Waals surface area contributed by atoms with Crippen LogP contribution in [0.1, 0.15) is 0 Å². The molecule has 6 heteroatoms. The summed E-state index contributed by atoms with van der Waals surface area (Å²) in [5, 5.41) is 3.36. The van der Waals surface area contributed by atoms with Gasteiger partial charge in [0.15, 0.2) is 17.2 Å². The Morgan fingerprint density at radius 2 is 1.04 bits per heavy atom. The maximum atomic E-state index is 6.32. The first-order valence-corrected chi connectivity index (χ1v) is 17.3. The first kappa shape index (κ1) is 28.5. The minimum atomic E-state index is 0.672. The van der Waals surface area contributed by atoms with Crippen molar-refractivity contribution in [3.05, 3.63) is 158 Å². The average Bonchev–Trinajstić information content (AvgIpc) is 3.76. The van der Waals surface area contributed by atoms with Crippen LogP contribution in [0, 0.1) is 0 Å². The molecular formula is C44H26N4OS. The SMILES string of the molecule is c1ccc(-c2cc(-c3ccc4sc5cc(-c6nc(-c7ccccc7)c7oc8ccccc8c7n6)ccc5c4c3)nc(-c3ccccc3)n2)cc1. The molecule has 0 aliphatic rings. The van der Waals surface area contributed by atoms with Gasteiger partial charge in [0, 0.05) is 53.4 Å². The topological polar surface area (TPSA) is 64.7 Å². The Kier molecular flexibility index (Phi) is 6.60. The third-order valence-electron chi connectivity index (χ3n) is 9.12. The van der Waals surface area contributed by atoms with E-state index in [2.05, 4.69) is 84.9 Å². The van der Waals surface area contributed by atoms with Crippen molar-refractivity contribution < 1.29 is 4.42 Å². The molecule has 0 spiro atoms. The van der Waals surface area contributed by atoms with E-state index in [0.29, 0.717) is 17.2 Å². The van der Waals surface area contributed by atoms with Crippen molar-refractivity contribution in [1.29, 1.82) is 0 Å². The van der Waals surface area contributed by atoms with Crippen molar-refractivity contribution in [2.75, 3.05) is 0 Å². The molecule has 0 fully saturated rings. The molecule has 0 bridgehead atoms. The summed E-state index contributed by atoms with van der Waals surface area (Å²) in [7, 11) is 0. The Morgan fingerprint density at radius 1 is 0.400 bits per heavy atom. The molecule has 5 nitrogen and oxygen atoms in total. The number of aromatic nitrogens is 4. The molecule has 0 N–H and O–H groups in total. The summed E-state index contributed by atoms with van der Waals surface area (Å²) in [6.45, 7) is 0. The van der Waals surface area contributed by atoms with Gasteiger partial charge in [0.05, 0.1) is 11.4 Å². The number of benzene rings is 6. The highest BCUT2D eigenvalue weighted by Crippen LogP contribution is 2.40. The second-order valence-electron chi connectivity index (χ2n) is 12.3. The highest BCUT2D eigenvalue weighted by Gasteiger charge is 2.19. The maximum absolute atomic E-state index is 6.32. The van der Waals surface area contributed by atoms with Gasteiger partial charge in [-0.05, 0) is 36.4 Å². The van der Waals surface area contributed by atoms with E-state index in [1.807, 2.05) is 72.8 Å². The summed E-state index contributed by atoms with van der Waals surface area (Å²) in [6.07, 6.45) is 0. The smallest absolute Gasteiger partial charge is 0.180 e. The third-order valence-corrected chi connectivity index (χ3v) is 10.3. The third kappa shape index (κ3) is 4.85. The van der Waals surface area contributed by atoms with Crippen LogP contribution in [0.2, 0.25) is 0 Å². The van der Waals surface area contributed by atoms with Crippen LogP contribution in [0.4, 0.5) is 0 Å². The molecule has 0 saturated heterocycles. The minimum absolute atomic E-state index is 0.672. The lowest BCUT2D eigenvalue weighted by Gasteiger charge is -2.09. The normalized spacial score (nSPS) is 11.6. The van der Waals surface area contributed by atoms with Gasteiger partial charge in [-0.3, -0.25) is 0 Å². The number of nitrogens with zero attached hydrogens (tertiary/aromatic N) is 4. The summed E-state index contributed by atoms with van der Waals surface area (Å²) in [6, 6.07) is 53.9. The number of rotatable bonds is 5. The van der Waals surface area contributed by atoms with E-state index in [4.69, 9.17) is 24.4 Å². The molecule has 4 aromatic heterocycles. The zero-order valence-electron chi connectivity index (χ0n) is 26.6. The predicted octanol–water partition coefficient (Wildman–Crippen LogP) is 11.9. The van der Waals surface area contributed by atoms with Gasteiger partial charge in [-0.1, -0.05) is 121 Å². The second kappa shape index (κ2) is 11.6. The monoisotopic (exact) mass is 658 g/mol. The van der Waals surface area contributed by atoms with Crippen molar-refractivity contribution in [3.63, 3.8) is 0 Å². The van der Waals surface area contributed by atoms with Crippen molar-refractivity contribution in [2.45, 2.75) is 0 Å². The molecule has 0 aliphatic heterocycles. The Hall–Kier alpha value is -6.50. The van der Waals surface area contributed by atoms with Gasteiger partial charge < -0.3 is 4.42 Å². The number of hydrogen-bond donors (Lipinski definition) is 0. The largest absolute Gasteiger partial charge is 0.452 e. The first-order chi connectivity index (χ1) is 24.7. The van der Waals surface area contributed by atoms with Crippen LogP contribution in [0.15, 0.2) is 162 Å². The molecule has 6 aromatic carbocycles. The zero-order chi connectivity index (χ0) is 33.0. The Bertz CT molecular complexity index is 2810. The van der Waals surface area contributed by atoms with E-state index in [9.17, 15) is 0 Å². The lowest BCUT2D eigenvalue weighted by Crippen LogP contribution is -1.95. The van der Waals surface area contributed by atoms with Crippen LogP contribution in [-0.4, -0.2) is 19.9 Å². The molecule has 0 amide bonds. The molecule has 0 unspecified atom stereocenters. The van der Waals surface area contributed by atoms with Crippen molar-refractivity contribution in [3.8, 4) is 56.5 Å². The summed E-state index contributed by atoms with van der Waals surface area (Å²) in [5.74, 6) is 1.38. The number of fused-ring (bicyclic) bond motifs is 6. The fourth-order valence-electron chi connectivity index (χ4n) is 6.66. The standard InChI is InChI=1S/C44H26N4OS/c1-4-12-27(13-5-1)35-26-36(46-43(45-35)29-16-8-3-9-17-29)30-21-23-38-34(24-30)32-22-20-31(25-39(32)50-38)44-47-40(28-14-6-2-7-15-28)42-41(48-44)33-18-10-11-19-37(33)49-42/h1-26H. The summed E-state index contributed by atoms with van der Waals surface area (Å²) < 4.78 is 8.71. The van der Waals surface area contributed by atoms with E-state index in [1.165, 1.54) is 20.2 Å². The number of thiophene rings is 1. The fraction of sp³-hybridized carbons (Fsp3) is 0. The van der Waals surface area contributed by atoms with Crippen LogP contribution in [-0.2, 0) is 0 Å². The molecular weight excluding hydrogens is 633 g/mol. The van der Waals surface area contributed by atoms with E-state index < -0.39 is 0 Å². The van der Waals surface area contributed by atoms with Gasteiger partial charge in [-0.25, -0.2) is 19.9 Å². The van der Waals surface area contributed by atoms with Crippen LogP contribution in [0.25, 0.3) is 98.8 Å². The van der Waals surface area contributed by atoms with Crippen LogP contribution < -0.4 is 0 Å². The summed E-state index contributed by atoms with van der Waals surface area (Å²) in [4.78, 5) is 20.2. The molecule has 234 valence electrons. The van der Waals surface area contributed by atoms with Gasteiger partial charge in [0.2, 0.25) is 0 Å². The Balaban J connectivity index is 1.11. The number of furan rings is 1. The quantitative estimate of drug-likeness (QED) is 0.184. The molecule has 0 saturated carbocycles. The van der Waals surface area contributed by atoms with Gasteiger partial charge in [-0.2, -0.15) is 0 Å². The van der Waals surface area contributed by atoms with Crippen molar-refractivity contribution in [2.24, 2.45) is 0 Å². The van der Waals surface area contributed by atoms with E-state index >= 15 is 0 Å². The van der Waals surface area contributed by atoms with Gasteiger partial charge in [0.1, 0.15) is 16.8 Å². The summed E-state index contributed by atoms with van der Waals surface area (Å²) >= 11 is 1.78. The highest BCUT2D eigenvalue weighted by atomic mass is 32.1. The molecule has 4 heterocycles. The van der Waals surface area contributed by atoms with Gasteiger partial charge in [-0.15, -0.1) is 11.3 Å². The van der Waals surface area contributed by atoms with Crippen LogP contribution in [0.5, 0.6) is 0 Å². The molecule has 10 rings (SSSR count). The minimum Gasteiger partial charge on any atom is -0.452 e. The molecule has 10 aromatic rings. The summed E-state index contributed by atoms with van der Waals surface area (Å²) in [5.41, 5.74) is 9.94. The second-order valence-corrected chi connectivity index (χ2v) is 13.3. The highest BCUT2D eigenvalue weighted by molar-refractivity contribution is 7.25. The van der Waals surface area contributed by atoms with E-state index in [-0.39, 0.29) is 0 Å². The van der Waals surface area contributed by atoms with Gasteiger partial charge >= 0.3 is 0 Å². The number of hydrogen-bond acceptors (Lipinski definition) is 6. The van der Waals surface area contributed by atoms with E-state index in [0.717, 1.165) is 61.4 Å². The predicted molar refractivity (Wildman–Crippen MR) is 205 cm³/mol.